The Morgan fingerprint density at radius 2 is 1.79 bits per heavy atom. The average molecular weight is 295 g/mol. The third-order valence-electron chi connectivity index (χ3n) is 2.49. The van der Waals surface area contributed by atoms with Gasteiger partial charge in [0, 0.05) is 5.82 Å². The molecule has 3 N–H and O–H groups in total. The Hall–Kier alpha value is -0.270. The predicted molar refractivity (Wildman–Crippen MR) is 67.2 cm³/mol. The maximum atomic E-state index is 12.1. The molecule has 7 nitrogen and oxygen atoms in total. The summed E-state index contributed by atoms with van der Waals surface area (Å²) in [5.41, 5.74) is 0. The van der Waals surface area contributed by atoms with Crippen LogP contribution in [0.25, 0.3) is 0 Å². The van der Waals surface area contributed by atoms with Gasteiger partial charge in [0.2, 0.25) is 0 Å². The van der Waals surface area contributed by atoms with Crippen LogP contribution >= 0.6 is 7.60 Å². The lowest BCUT2D eigenvalue weighted by Crippen LogP contribution is -2.50. The van der Waals surface area contributed by atoms with Crippen LogP contribution in [0.2, 0.25) is 0 Å². The van der Waals surface area contributed by atoms with Gasteiger partial charge in [0.1, 0.15) is 31.0 Å². The van der Waals surface area contributed by atoms with E-state index in [0.717, 1.165) is 6.61 Å². The quantitative estimate of drug-likeness (QED) is 0.609. The van der Waals surface area contributed by atoms with Crippen molar-refractivity contribution in [1.29, 1.82) is 0 Å². The molecule has 1 radical (unpaired) electrons. The summed E-state index contributed by atoms with van der Waals surface area (Å²) in [6.07, 6.45) is -3.57. The van der Waals surface area contributed by atoms with Gasteiger partial charge in [0.15, 0.2) is 0 Å². The second-order valence-electron chi connectivity index (χ2n) is 3.93. The highest BCUT2D eigenvalue weighted by Crippen LogP contribution is 2.49. The highest BCUT2D eigenvalue weighted by atomic mass is 31.2. The Balaban J connectivity index is 2.71. The Labute approximate surface area is 112 Å². The first-order chi connectivity index (χ1) is 8.93. The minimum atomic E-state index is -3.38. The summed E-state index contributed by atoms with van der Waals surface area (Å²) in [5.74, 6) is 1.19. The van der Waals surface area contributed by atoms with Crippen LogP contribution < -0.4 is 0 Å². The molecule has 0 amide bonds. The number of hydrogen-bond donors (Lipinski definition) is 3. The molecule has 19 heavy (non-hydrogen) atoms. The lowest BCUT2D eigenvalue weighted by atomic mass is 10.0. The molecule has 1 aliphatic heterocycles. The highest BCUT2D eigenvalue weighted by Gasteiger charge is 2.37. The molecule has 0 aromatic heterocycles. The molecule has 0 aromatic carbocycles. The minimum absolute atomic E-state index is 0.211. The van der Waals surface area contributed by atoms with Crippen molar-refractivity contribution in [3.8, 4) is 0 Å². The molecule has 1 saturated heterocycles. The van der Waals surface area contributed by atoms with Crippen molar-refractivity contribution in [2.45, 2.75) is 38.3 Å². The van der Waals surface area contributed by atoms with Gasteiger partial charge in [-0.05, 0) is 19.9 Å². The maximum Gasteiger partial charge on any atom is 0.353 e. The molecule has 4 atom stereocenters. The first-order valence-corrected chi connectivity index (χ1v) is 7.66. The molecule has 1 rings (SSSR count). The Morgan fingerprint density at radius 3 is 2.32 bits per heavy atom. The van der Waals surface area contributed by atoms with Crippen LogP contribution in [0.4, 0.5) is 0 Å². The number of ether oxygens (including phenoxy) is 1. The van der Waals surface area contributed by atoms with E-state index in [1.807, 2.05) is 0 Å². The van der Waals surface area contributed by atoms with Gasteiger partial charge < -0.3 is 29.1 Å². The van der Waals surface area contributed by atoms with Crippen LogP contribution in [0.5, 0.6) is 0 Å². The second-order valence-corrected chi connectivity index (χ2v) is 5.82. The number of rotatable bonds is 6. The van der Waals surface area contributed by atoms with Crippen LogP contribution in [-0.2, 0) is 18.3 Å². The van der Waals surface area contributed by atoms with Crippen molar-refractivity contribution in [1.82, 2.24) is 0 Å². The fourth-order valence-corrected chi connectivity index (χ4v) is 2.91. The largest absolute Gasteiger partial charge is 0.387 e. The summed E-state index contributed by atoms with van der Waals surface area (Å²) >= 11 is 0. The summed E-state index contributed by atoms with van der Waals surface area (Å²) in [5, 5.41) is 28.4. The van der Waals surface area contributed by atoms with E-state index in [1.54, 1.807) is 13.8 Å². The molecular formula is C11H20O7P. The number of aliphatic hydroxyl groups excluding tert-OH is 3. The van der Waals surface area contributed by atoms with Crippen molar-refractivity contribution in [3.63, 3.8) is 0 Å². The Bertz CT molecular complexity index is 336. The summed E-state index contributed by atoms with van der Waals surface area (Å²) < 4.78 is 27.2. The van der Waals surface area contributed by atoms with Crippen molar-refractivity contribution >= 4 is 7.60 Å². The maximum absolute atomic E-state index is 12.1. The molecule has 8 heteroatoms. The molecule has 0 bridgehead atoms. The second kappa shape index (κ2) is 7.50. The highest BCUT2D eigenvalue weighted by molar-refractivity contribution is 7.57. The van der Waals surface area contributed by atoms with Gasteiger partial charge >= 0.3 is 7.60 Å². The third kappa shape index (κ3) is 4.65. The Morgan fingerprint density at radius 1 is 1.21 bits per heavy atom. The van der Waals surface area contributed by atoms with Gasteiger partial charge in [-0.15, -0.1) is 0 Å². The van der Waals surface area contributed by atoms with Crippen LogP contribution in [0.1, 0.15) is 13.8 Å². The summed E-state index contributed by atoms with van der Waals surface area (Å²) in [7, 11) is -3.38. The zero-order chi connectivity index (χ0) is 14.5. The van der Waals surface area contributed by atoms with E-state index in [0.29, 0.717) is 0 Å². The molecule has 0 saturated carbocycles. The van der Waals surface area contributed by atoms with E-state index >= 15 is 0 Å². The minimum Gasteiger partial charge on any atom is -0.387 e. The van der Waals surface area contributed by atoms with Crippen LogP contribution in [0.15, 0.2) is 11.9 Å². The smallest absolute Gasteiger partial charge is 0.353 e. The van der Waals surface area contributed by atoms with E-state index in [9.17, 15) is 19.9 Å². The Kier molecular flexibility index (Phi) is 6.62. The van der Waals surface area contributed by atoms with Crippen LogP contribution in [-0.4, -0.2) is 52.9 Å². The average Bonchev–Trinajstić information content (AvgIpc) is 2.36. The van der Waals surface area contributed by atoms with Gasteiger partial charge in [-0.2, -0.15) is 0 Å². The van der Waals surface area contributed by atoms with E-state index in [2.05, 4.69) is 0 Å². The molecule has 1 fully saturated rings. The molecule has 0 unspecified atom stereocenters. The molecule has 0 spiro atoms. The summed E-state index contributed by atoms with van der Waals surface area (Å²) in [6.45, 7) is 4.80. The number of aliphatic hydroxyl groups is 3. The standard InChI is InChI=1S/C11H20O7P/c1-3-17-19(15,18-4-2)6-5-9-11(14)10(13)8(12)7-16-9/h5-14H,3-4H2,1-2H3/t8-,9-,10-,11-/m1/s1. The first-order valence-electron chi connectivity index (χ1n) is 6.04. The zero-order valence-electron chi connectivity index (χ0n) is 10.9. The summed E-state index contributed by atoms with van der Waals surface area (Å²) in [4.78, 5) is 0. The summed E-state index contributed by atoms with van der Waals surface area (Å²) in [6, 6.07) is 0. The van der Waals surface area contributed by atoms with Crippen molar-refractivity contribution in [3.05, 3.63) is 18.5 Å². The van der Waals surface area contributed by atoms with E-state index in [4.69, 9.17) is 13.8 Å². The molecule has 1 aliphatic rings. The predicted octanol–water partition coefficient (Wildman–Crippen LogP) is 0.409. The fraction of sp³-hybridized carbons (Fsp3) is 0.727. The van der Waals surface area contributed by atoms with E-state index < -0.39 is 32.0 Å². The van der Waals surface area contributed by atoms with Crippen LogP contribution in [0, 0.1) is 6.61 Å². The third-order valence-corrected chi connectivity index (χ3v) is 4.26. The fourth-order valence-electron chi connectivity index (χ4n) is 1.56. The first kappa shape index (κ1) is 16.8. The number of hydrogen-bond acceptors (Lipinski definition) is 7. The van der Waals surface area contributed by atoms with E-state index in [-0.39, 0.29) is 13.2 Å². The normalized spacial score (nSPS) is 32.9. The molecule has 111 valence electrons. The van der Waals surface area contributed by atoms with Gasteiger partial charge in [-0.3, -0.25) is 4.57 Å². The van der Waals surface area contributed by atoms with Gasteiger partial charge in [0.05, 0.1) is 13.2 Å². The monoisotopic (exact) mass is 295 g/mol. The topological polar surface area (TPSA) is 105 Å². The van der Waals surface area contributed by atoms with E-state index in [1.165, 1.54) is 11.9 Å². The zero-order valence-corrected chi connectivity index (χ0v) is 11.8. The lowest BCUT2D eigenvalue weighted by Gasteiger charge is -2.33. The van der Waals surface area contributed by atoms with Crippen molar-refractivity contribution in [2.75, 3.05) is 13.2 Å². The van der Waals surface area contributed by atoms with Gasteiger partial charge in [-0.25, -0.2) is 0 Å². The SMILES string of the molecule is CCOP(=O)(C=C[C@H]1O[CH][C@@H](O)[C@@H](O)[C@@H]1O)OCC. The van der Waals surface area contributed by atoms with Gasteiger partial charge in [0.25, 0.3) is 0 Å². The molecular weight excluding hydrogens is 275 g/mol. The van der Waals surface area contributed by atoms with Crippen LogP contribution in [0.3, 0.4) is 0 Å². The molecule has 0 aliphatic carbocycles. The molecule has 1 heterocycles. The van der Waals surface area contributed by atoms with Crippen molar-refractivity contribution in [2.24, 2.45) is 0 Å². The van der Waals surface area contributed by atoms with Gasteiger partial charge in [-0.1, -0.05) is 0 Å². The molecule has 0 aromatic rings. The van der Waals surface area contributed by atoms with Crippen molar-refractivity contribution < 1.29 is 33.7 Å². The lowest BCUT2D eigenvalue weighted by molar-refractivity contribution is -0.146.